The van der Waals surface area contributed by atoms with Gasteiger partial charge in [0, 0.05) is 36.8 Å². The lowest BCUT2D eigenvalue weighted by molar-refractivity contribution is -0.146. The van der Waals surface area contributed by atoms with Gasteiger partial charge >= 0.3 is 0 Å². The molecule has 10 nitrogen and oxygen atoms in total. The van der Waals surface area contributed by atoms with E-state index in [1.165, 1.54) is 22.9 Å². The lowest BCUT2D eigenvalue weighted by atomic mass is 9.79. The van der Waals surface area contributed by atoms with Gasteiger partial charge in [-0.05, 0) is 55.4 Å². The summed E-state index contributed by atoms with van der Waals surface area (Å²) < 4.78 is 28.3. The second-order valence-corrected chi connectivity index (χ2v) is 13.5. The van der Waals surface area contributed by atoms with Crippen molar-refractivity contribution >= 4 is 46.0 Å². The number of likely N-dealkylation sites (tertiary alicyclic amines) is 1. The molecule has 12 heteroatoms. The Hall–Kier alpha value is -4.61. The molecule has 3 N–H and O–H groups in total. The lowest BCUT2D eigenvalue weighted by Crippen LogP contribution is -2.55. The van der Waals surface area contributed by atoms with Gasteiger partial charge in [-0.25, -0.2) is 8.78 Å². The molecule has 6 rings (SSSR count). The Morgan fingerprint density at radius 2 is 1.79 bits per heavy atom. The van der Waals surface area contributed by atoms with E-state index in [1.54, 1.807) is 24.3 Å². The highest BCUT2D eigenvalue weighted by atomic mass is 19.1. The van der Waals surface area contributed by atoms with Crippen molar-refractivity contribution in [3.63, 3.8) is 0 Å². The zero-order chi connectivity index (χ0) is 33.6. The van der Waals surface area contributed by atoms with Crippen molar-refractivity contribution in [2.45, 2.75) is 82.3 Å². The average Bonchev–Trinajstić information content (AvgIpc) is 3.73. The van der Waals surface area contributed by atoms with E-state index < -0.39 is 52.6 Å². The van der Waals surface area contributed by atoms with Crippen molar-refractivity contribution in [2.24, 2.45) is 5.92 Å². The third-order valence-electron chi connectivity index (χ3n) is 9.88. The fraction of sp³-hybridized carbons (Fsp3) is 0.457. The van der Waals surface area contributed by atoms with E-state index in [1.807, 2.05) is 13.8 Å². The summed E-state index contributed by atoms with van der Waals surface area (Å²) >= 11 is 0. The number of H-pyrrole nitrogens is 1. The summed E-state index contributed by atoms with van der Waals surface area (Å²) in [6.07, 6.45) is 4.60. The van der Waals surface area contributed by atoms with Crippen molar-refractivity contribution in [3.8, 4) is 0 Å². The van der Waals surface area contributed by atoms with Gasteiger partial charge in [0.1, 0.15) is 29.4 Å². The number of ketones is 1. The molecule has 2 aromatic carbocycles. The first-order valence-electron chi connectivity index (χ1n) is 16.2. The molecule has 1 spiro atoms. The van der Waals surface area contributed by atoms with Crippen LogP contribution >= 0.6 is 0 Å². The van der Waals surface area contributed by atoms with Crippen molar-refractivity contribution in [1.29, 1.82) is 0 Å². The molecule has 0 radical (unpaired) electrons. The largest absolute Gasteiger partial charge is 0.350 e. The maximum Gasteiger partial charge on any atom is 0.289 e. The molecule has 1 saturated carbocycles. The molecule has 1 aliphatic carbocycles. The Morgan fingerprint density at radius 1 is 1.06 bits per heavy atom. The van der Waals surface area contributed by atoms with E-state index in [-0.39, 0.29) is 53.9 Å². The molecule has 1 aromatic heterocycles. The van der Waals surface area contributed by atoms with Crippen LogP contribution in [0.3, 0.4) is 0 Å². The summed E-state index contributed by atoms with van der Waals surface area (Å²) in [5.41, 5.74) is 0.00530. The van der Waals surface area contributed by atoms with E-state index in [9.17, 15) is 32.8 Å². The van der Waals surface area contributed by atoms with E-state index in [0.717, 1.165) is 44.2 Å². The molecular weight excluding hydrogens is 608 g/mol. The van der Waals surface area contributed by atoms with Gasteiger partial charge in [0.2, 0.25) is 17.6 Å². The molecule has 3 atom stereocenters. The first-order chi connectivity index (χ1) is 22.4. The highest BCUT2D eigenvalue weighted by molar-refractivity contribution is 6.38. The topological polar surface area (TPSA) is 132 Å². The number of likely N-dealkylation sites (N-methyl/N-ethyl adjacent to an activating group) is 1. The molecule has 1 saturated heterocycles. The van der Waals surface area contributed by atoms with Gasteiger partial charge in [-0.2, -0.15) is 0 Å². The molecule has 47 heavy (non-hydrogen) atoms. The smallest absolute Gasteiger partial charge is 0.289 e. The number of carbonyl (C=O) groups excluding carboxylic acids is 5. The number of aromatic nitrogens is 1. The van der Waals surface area contributed by atoms with Crippen LogP contribution in [0.2, 0.25) is 0 Å². The Kier molecular flexibility index (Phi) is 8.62. The number of hydrogen-bond acceptors (Lipinski definition) is 5. The van der Waals surface area contributed by atoms with Crippen LogP contribution in [0.15, 0.2) is 42.5 Å². The van der Waals surface area contributed by atoms with Crippen LogP contribution in [0.4, 0.5) is 14.5 Å². The quantitative estimate of drug-likeness (QED) is 0.311. The minimum atomic E-state index is -1.26. The molecule has 3 aromatic rings. The predicted octanol–water partition coefficient (Wildman–Crippen LogP) is 4.44. The van der Waals surface area contributed by atoms with E-state index >= 15 is 0 Å². The van der Waals surface area contributed by atoms with Crippen LogP contribution in [0.5, 0.6) is 0 Å². The zero-order valence-corrected chi connectivity index (χ0v) is 26.7. The van der Waals surface area contributed by atoms with Crippen molar-refractivity contribution in [3.05, 3.63) is 65.4 Å². The molecule has 0 bridgehead atoms. The van der Waals surface area contributed by atoms with Crippen molar-refractivity contribution in [1.82, 2.24) is 20.1 Å². The van der Waals surface area contributed by atoms with E-state index in [2.05, 4.69) is 15.6 Å². The SMILES string of the molecule is CC(C)C[C@@H](C(=O)N1C[C@]2(C[C@H]1C(=O)C(=O)NC1CCCCC1)C(=O)Nc1ccccc12)N(C)C(=O)c1cc2c(F)cc(F)cc2[nH]1. The summed E-state index contributed by atoms with van der Waals surface area (Å²) in [6.45, 7) is 3.60. The summed E-state index contributed by atoms with van der Waals surface area (Å²) in [5.74, 6) is -4.90. The molecule has 2 fully saturated rings. The van der Waals surface area contributed by atoms with Gasteiger partial charge in [0.15, 0.2) is 0 Å². The maximum atomic E-state index is 14.6. The normalized spacial score (nSPS) is 21.6. The Bertz CT molecular complexity index is 1770. The predicted molar refractivity (Wildman–Crippen MR) is 170 cm³/mol. The van der Waals surface area contributed by atoms with Crippen LogP contribution in [0.1, 0.15) is 74.8 Å². The number of rotatable bonds is 8. The monoisotopic (exact) mass is 647 g/mol. The molecule has 2 aliphatic heterocycles. The summed E-state index contributed by atoms with van der Waals surface area (Å²) in [4.78, 5) is 74.6. The van der Waals surface area contributed by atoms with Gasteiger partial charge < -0.3 is 25.4 Å². The van der Waals surface area contributed by atoms with Gasteiger partial charge in [-0.3, -0.25) is 24.0 Å². The number of benzene rings is 2. The number of nitrogens with one attached hydrogen (secondary N) is 3. The van der Waals surface area contributed by atoms with Crippen LogP contribution in [0.25, 0.3) is 10.9 Å². The van der Waals surface area contributed by atoms with Crippen molar-refractivity contribution < 1.29 is 32.8 Å². The summed E-state index contributed by atoms with van der Waals surface area (Å²) in [5, 5.41) is 5.76. The average molecular weight is 648 g/mol. The second kappa shape index (κ2) is 12.5. The van der Waals surface area contributed by atoms with Crippen LogP contribution in [-0.2, 0) is 24.6 Å². The van der Waals surface area contributed by atoms with Gasteiger partial charge in [-0.1, -0.05) is 51.3 Å². The summed E-state index contributed by atoms with van der Waals surface area (Å²) in [7, 11) is 1.44. The summed E-state index contributed by atoms with van der Waals surface area (Å²) in [6, 6.07) is 7.69. The minimum absolute atomic E-state index is 0.0249. The maximum absolute atomic E-state index is 14.6. The van der Waals surface area contributed by atoms with E-state index in [0.29, 0.717) is 11.3 Å². The number of nitrogens with zero attached hydrogens (tertiary/aromatic N) is 2. The molecule has 3 heterocycles. The molecule has 0 unspecified atom stereocenters. The number of fused-ring (bicyclic) bond motifs is 3. The number of aromatic amines is 1. The first-order valence-corrected chi connectivity index (χ1v) is 16.2. The van der Waals surface area contributed by atoms with Gasteiger partial charge in [0.25, 0.3) is 11.8 Å². The fourth-order valence-electron chi connectivity index (χ4n) is 7.43. The standard InChI is InChI=1S/C35H39F2N5O5/c1-19(2)13-28(41(3)32(45)27-16-22-24(37)14-20(36)15-26(22)39-27)33(46)42-18-35(23-11-7-8-12-25(23)40-34(35)47)17-29(42)30(43)31(44)38-21-9-5-4-6-10-21/h7-8,11-12,14-16,19,21,28-29,39H,4-6,9-10,13,17-18H2,1-3H3,(H,38,44)(H,40,47)/t28-,29-,35-/m0/s1. The van der Waals surface area contributed by atoms with Gasteiger partial charge in [-0.15, -0.1) is 0 Å². The number of anilines is 1. The molecular formula is C35H39F2N5O5. The Labute approximate surface area is 271 Å². The minimum Gasteiger partial charge on any atom is -0.350 e. The van der Waals surface area contributed by atoms with E-state index in [4.69, 9.17) is 0 Å². The first kappa shape index (κ1) is 32.3. The highest BCUT2D eigenvalue weighted by Gasteiger charge is 2.58. The number of amides is 4. The second-order valence-electron chi connectivity index (χ2n) is 13.5. The molecule has 248 valence electrons. The third kappa shape index (κ3) is 5.89. The van der Waals surface area contributed by atoms with Crippen molar-refractivity contribution in [2.75, 3.05) is 18.9 Å². The zero-order valence-electron chi connectivity index (χ0n) is 26.7. The number of carbonyl (C=O) groups is 5. The van der Waals surface area contributed by atoms with Crippen LogP contribution in [-0.4, -0.2) is 75.9 Å². The Balaban J connectivity index is 1.34. The van der Waals surface area contributed by atoms with Gasteiger partial charge in [0.05, 0.1) is 10.9 Å². The molecule has 4 amide bonds. The number of para-hydroxylation sites is 1. The molecule has 3 aliphatic rings. The fourth-order valence-corrected chi connectivity index (χ4v) is 7.43. The number of halogens is 2. The number of Topliss-reactive ketones (excluding diaryl/α,β-unsaturated/α-hetero) is 1. The Morgan fingerprint density at radius 3 is 2.51 bits per heavy atom. The highest BCUT2D eigenvalue weighted by Crippen LogP contribution is 2.47. The third-order valence-corrected chi connectivity index (χ3v) is 9.88. The van der Waals surface area contributed by atoms with Crippen LogP contribution in [0, 0.1) is 17.6 Å². The van der Waals surface area contributed by atoms with Crippen LogP contribution < -0.4 is 10.6 Å². The lowest BCUT2D eigenvalue weighted by Gasteiger charge is -2.34. The number of hydrogen-bond donors (Lipinski definition) is 3.